The number of halogens is 4. The van der Waals surface area contributed by atoms with Crippen LogP contribution in [-0.4, -0.2) is 37.3 Å². The fraction of sp³-hybridized carbons (Fsp3) is 0.273. The van der Waals surface area contributed by atoms with Crippen LogP contribution in [-0.2, 0) is 4.79 Å². The molecule has 2 heterocycles. The highest BCUT2D eigenvalue weighted by atomic mass is 19.2. The highest BCUT2D eigenvalue weighted by Gasteiger charge is 2.28. The summed E-state index contributed by atoms with van der Waals surface area (Å²) >= 11 is 0. The van der Waals surface area contributed by atoms with E-state index in [1.165, 1.54) is 12.1 Å². The minimum atomic E-state index is -1.35. The van der Waals surface area contributed by atoms with Gasteiger partial charge in [0, 0.05) is 12.1 Å². The van der Waals surface area contributed by atoms with Crippen molar-refractivity contribution in [2.24, 2.45) is 5.92 Å². The average Bonchev–Trinajstić information content (AvgIpc) is 3.47. The lowest BCUT2D eigenvalue weighted by Gasteiger charge is -2.26. The molecule has 0 aliphatic heterocycles. The number of benzene rings is 2. The van der Waals surface area contributed by atoms with Crippen LogP contribution >= 0.6 is 0 Å². The van der Waals surface area contributed by atoms with Gasteiger partial charge in [-0.05, 0) is 37.8 Å². The Balaban J connectivity index is 1.33. The lowest BCUT2D eigenvalue weighted by atomic mass is 9.87. The van der Waals surface area contributed by atoms with Gasteiger partial charge < -0.3 is 24.6 Å². The molecule has 3 N–H and O–H groups in total. The molecule has 1 saturated carbocycles. The maximum absolute atomic E-state index is 15.1. The number of aromatic nitrogens is 4. The molecule has 0 unspecified atom stereocenters. The Bertz CT molecular complexity index is 1410. The minimum Gasteiger partial charge on any atom is -0.487 e. The van der Waals surface area contributed by atoms with Gasteiger partial charge in [0.1, 0.15) is 11.3 Å². The van der Waals surface area contributed by atoms with Gasteiger partial charge >= 0.3 is 12.0 Å². The first-order valence-corrected chi connectivity index (χ1v) is 10.6. The fourth-order valence-corrected chi connectivity index (χ4v) is 3.93. The van der Waals surface area contributed by atoms with E-state index < -0.39 is 40.8 Å². The maximum atomic E-state index is 15.1. The molecule has 2 aromatic carbocycles. The predicted octanol–water partition coefficient (Wildman–Crippen LogP) is 4.94. The first-order valence-electron chi connectivity index (χ1n) is 10.6. The van der Waals surface area contributed by atoms with Crippen LogP contribution in [0.5, 0.6) is 5.75 Å². The first kappa shape index (κ1) is 22.6. The number of carboxylic acid groups (broad SMARTS) is 1. The van der Waals surface area contributed by atoms with E-state index in [4.69, 9.17) is 14.3 Å². The van der Waals surface area contributed by atoms with Gasteiger partial charge in [0.2, 0.25) is 0 Å². The van der Waals surface area contributed by atoms with Gasteiger partial charge in [0.05, 0.1) is 23.2 Å². The summed E-state index contributed by atoms with van der Waals surface area (Å²) in [5.74, 6) is -5.78. The molecule has 35 heavy (non-hydrogen) atoms. The SMILES string of the molecule is O=C(O)[C@H]1CC[C@H](Oc2ccc3nc(-c4nnc(Nc5cc(F)c(F)cc5F)o4)[nH]c3c2F)CC1. The molecule has 13 heteroatoms. The summed E-state index contributed by atoms with van der Waals surface area (Å²) < 4.78 is 66.5. The molecular formula is C22H17F4N5O4. The third-order valence-corrected chi connectivity index (χ3v) is 5.76. The van der Waals surface area contributed by atoms with E-state index in [2.05, 4.69) is 25.5 Å². The van der Waals surface area contributed by atoms with Gasteiger partial charge in [-0.25, -0.2) is 22.5 Å². The normalized spacial score (nSPS) is 18.1. The number of aliphatic carboxylic acids is 1. The lowest BCUT2D eigenvalue weighted by molar-refractivity contribution is -0.143. The minimum absolute atomic E-state index is 0.00632. The zero-order valence-electron chi connectivity index (χ0n) is 17.8. The number of imidazole rings is 1. The third-order valence-electron chi connectivity index (χ3n) is 5.76. The molecule has 1 aliphatic carbocycles. The molecule has 4 aromatic rings. The molecule has 1 aliphatic rings. The molecule has 0 bridgehead atoms. The number of nitrogens with zero attached hydrogens (tertiary/aromatic N) is 3. The number of nitrogens with one attached hydrogen (secondary N) is 2. The predicted molar refractivity (Wildman–Crippen MR) is 113 cm³/mol. The van der Waals surface area contributed by atoms with Crippen molar-refractivity contribution in [3.8, 4) is 17.5 Å². The Kier molecular flexibility index (Phi) is 5.75. The quantitative estimate of drug-likeness (QED) is 0.256. The molecule has 182 valence electrons. The van der Waals surface area contributed by atoms with Crippen molar-refractivity contribution >= 4 is 28.7 Å². The van der Waals surface area contributed by atoms with E-state index in [9.17, 15) is 18.0 Å². The van der Waals surface area contributed by atoms with Crippen LogP contribution in [0.25, 0.3) is 22.7 Å². The number of hydrogen-bond acceptors (Lipinski definition) is 7. The van der Waals surface area contributed by atoms with Gasteiger partial charge in [-0.2, -0.15) is 0 Å². The number of carboxylic acids is 1. The first-order chi connectivity index (χ1) is 16.8. The monoisotopic (exact) mass is 491 g/mol. The molecular weight excluding hydrogens is 474 g/mol. The summed E-state index contributed by atoms with van der Waals surface area (Å²) in [5.41, 5.74) is -0.149. The average molecular weight is 491 g/mol. The van der Waals surface area contributed by atoms with Gasteiger partial charge in [-0.1, -0.05) is 5.10 Å². The van der Waals surface area contributed by atoms with Crippen LogP contribution in [0.3, 0.4) is 0 Å². The second kappa shape index (κ2) is 8.89. The summed E-state index contributed by atoms with van der Waals surface area (Å²) in [4.78, 5) is 18.0. The van der Waals surface area contributed by atoms with Crippen molar-refractivity contribution in [1.29, 1.82) is 0 Å². The van der Waals surface area contributed by atoms with Crippen molar-refractivity contribution in [1.82, 2.24) is 20.2 Å². The van der Waals surface area contributed by atoms with Gasteiger partial charge in [0.15, 0.2) is 29.0 Å². The summed E-state index contributed by atoms with van der Waals surface area (Å²) in [6.45, 7) is 0. The van der Waals surface area contributed by atoms with Crippen LogP contribution in [0.15, 0.2) is 28.7 Å². The number of H-pyrrole nitrogens is 1. The number of fused-ring (bicyclic) bond motifs is 1. The van der Waals surface area contributed by atoms with Gasteiger partial charge in [0.25, 0.3) is 5.89 Å². The number of anilines is 2. The summed E-state index contributed by atoms with van der Waals surface area (Å²) in [6.07, 6.45) is 1.61. The highest BCUT2D eigenvalue weighted by Crippen LogP contribution is 2.32. The van der Waals surface area contributed by atoms with Crippen LogP contribution in [0.4, 0.5) is 29.3 Å². The molecule has 0 amide bonds. The molecule has 1 fully saturated rings. The Hall–Kier alpha value is -4.16. The summed E-state index contributed by atoms with van der Waals surface area (Å²) in [5, 5.41) is 18.9. The molecule has 0 saturated heterocycles. The second-order valence-electron chi connectivity index (χ2n) is 8.07. The second-order valence-corrected chi connectivity index (χ2v) is 8.07. The smallest absolute Gasteiger partial charge is 0.320 e. The molecule has 2 aromatic heterocycles. The Labute approximate surface area is 194 Å². The van der Waals surface area contributed by atoms with Crippen molar-refractivity contribution in [3.05, 3.63) is 47.5 Å². The third kappa shape index (κ3) is 4.48. The lowest BCUT2D eigenvalue weighted by Crippen LogP contribution is -2.28. The summed E-state index contributed by atoms with van der Waals surface area (Å²) in [6, 6.07) is 3.60. The number of ether oxygens (including phenoxy) is 1. The van der Waals surface area contributed by atoms with E-state index in [1.54, 1.807) is 0 Å². The Morgan fingerprint density at radius 2 is 1.80 bits per heavy atom. The van der Waals surface area contributed by atoms with Crippen LogP contribution in [0.2, 0.25) is 0 Å². The van der Waals surface area contributed by atoms with E-state index in [0.717, 1.165) is 0 Å². The fourth-order valence-electron chi connectivity index (χ4n) is 3.93. The summed E-state index contributed by atoms with van der Waals surface area (Å²) in [7, 11) is 0. The Morgan fingerprint density at radius 3 is 2.54 bits per heavy atom. The number of hydrogen-bond donors (Lipinski definition) is 3. The zero-order valence-corrected chi connectivity index (χ0v) is 17.8. The molecule has 0 spiro atoms. The highest BCUT2D eigenvalue weighted by molar-refractivity contribution is 5.80. The standard InChI is InChI=1S/C22H17F4N5O4/c23-11-7-13(25)15(8-12(11)24)28-22-31-30-20(35-22)19-27-14-5-6-16(17(26)18(14)29-19)34-10-3-1-9(2-4-10)21(32)33/h5-10H,1-4H2,(H,27,29)(H,28,31)(H,32,33)/t9-,10-. The Morgan fingerprint density at radius 1 is 1.06 bits per heavy atom. The van der Waals surface area contributed by atoms with Crippen LogP contribution in [0, 0.1) is 29.2 Å². The van der Waals surface area contributed by atoms with E-state index in [0.29, 0.717) is 37.8 Å². The molecule has 5 rings (SSSR count). The van der Waals surface area contributed by atoms with E-state index in [1.807, 2.05) is 0 Å². The van der Waals surface area contributed by atoms with Crippen molar-refractivity contribution in [3.63, 3.8) is 0 Å². The molecule has 9 nitrogen and oxygen atoms in total. The van der Waals surface area contributed by atoms with Gasteiger partial charge in [-0.15, -0.1) is 5.10 Å². The van der Waals surface area contributed by atoms with Crippen molar-refractivity contribution in [2.45, 2.75) is 31.8 Å². The number of carbonyl (C=O) groups is 1. The van der Waals surface area contributed by atoms with Crippen molar-refractivity contribution < 1.29 is 36.6 Å². The van der Waals surface area contributed by atoms with Crippen molar-refractivity contribution in [2.75, 3.05) is 5.32 Å². The van der Waals surface area contributed by atoms with Gasteiger partial charge in [-0.3, -0.25) is 4.79 Å². The molecule has 0 atom stereocenters. The number of aromatic amines is 1. The van der Waals surface area contributed by atoms with E-state index in [-0.39, 0.29) is 40.6 Å². The van der Waals surface area contributed by atoms with Crippen LogP contribution in [0.1, 0.15) is 25.7 Å². The van der Waals surface area contributed by atoms with E-state index >= 15 is 4.39 Å². The van der Waals surface area contributed by atoms with Crippen LogP contribution < -0.4 is 10.1 Å². The maximum Gasteiger partial charge on any atom is 0.320 e. The largest absolute Gasteiger partial charge is 0.487 e. The number of rotatable bonds is 6. The topological polar surface area (TPSA) is 126 Å². The zero-order chi connectivity index (χ0) is 24.7. The molecule has 0 radical (unpaired) electrons.